The molecule has 2 aromatic carbocycles. The first-order valence-electron chi connectivity index (χ1n) is 6.93. The number of hydrogen-bond acceptors (Lipinski definition) is 2. The maximum atomic E-state index is 5.93. The average molecular weight is 290 g/mol. The molecule has 3 heteroatoms. The van der Waals surface area contributed by atoms with Crippen molar-refractivity contribution in [1.82, 2.24) is 0 Å². The summed E-state index contributed by atoms with van der Waals surface area (Å²) < 4.78 is 5.71. The van der Waals surface area contributed by atoms with Crippen LogP contribution in [0.4, 0.5) is 5.69 Å². The summed E-state index contributed by atoms with van der Waals surface area (Å²) in [5.74, 6) is 0.952. The molecular weight excluding hydrogens is 270 g/mol. The van der Waals surface area contributed by atoms with E-state index in [0.717, 1.165) is 42.5 Å². The fraction of sp³-hybridized carbons (Fsp3) is 0.294. The second-order valence-electron chi connectivity index (χ2n) is 4.81. The van der Waals surface area contributed by atoms with Crippen molar-refractivity contribution in [1.29, 1.82) is 0 Å². The number of hydrogen-bond donors (Lipinski definition) is 1. The van der Waals surface area contributed by atoms with E-state index in [9.17, 15) is 0 Å². The van der Waals surface area contributed by atoms with Crippen LogP contribution in [0.2, 0.25) is 5.02 Å². The van der Waals surface area contributed by atoms with Crippen molar-refractivity contribution in [2.24, 2.45) is 0 Å². The van der Waals surface area contributed by atoms with E-state index in [-0.39, 0.29) is 0 Å². The molecule has 1 N–H and O–H groups in total. The van der Waals surface area contributed by atoms with Crippen LogP contribution in [0.25, 0.3) is 0 Å². The van der Waals surface area contributed by atoms with Crippen LogP contribution in [0.1, 0.15) is 18.4 Å². The number of halogens is 1. The molecule has 0 atom stereocenters. The quantitative estimate of drug-likeness (QED) is 0.731. The lowest BCUT2D eigenvalue weighted by atomic mass is 10.2. The number of aryl methyl sites for hydroxylation is 1. The first-order valence-corrected chi connectivity index (χ1v) is 7.31. The first-order chi connectivity index (χ1) is 9.74. The summed E-state index contributed by atoms with van der Waals surface area (Å²) in [7, 11) is 0. The second kappa shape index (κ2) is 7.81. The Kier molecular flexibility index (Phi) is 5.75. The summed E-state index contributed by atoms with van der Waals surface area (Å²) in [6, 6.07) is 15.9. The Balaban J connectivity index is 1.60. The van der Waals surface area contributed by atoms with E-state index in [0.29, 0.717) is 0 Å². The Morgan fingerprint density at radius 2 is 1.90 bits per heavy atom. The van der Waals surface area contributed by atoms with Gasteiger partial charge in [-0.3, -0.25) is 0 Å². The molecule has 0 bridgehead atoms. The van der Waals surface area contributed by atoms with Gasteiger partial charge >= 0.3 is 0 Å². The van der Waals surface area contributed by atoms with Gasteiger partial charge in [0.25, 0.3) is 0 Å². The molecule has 0 radical (unpaired) electrons. The lowest BCUT2D eigenvalue weighted by Crippen LogP contribution is -2.04. The van der Waals surface area contributed by atoms with Crippen molar-refractivity contribution < 1.29 is 4.74 Å². The minimum absolute atomic E-state index is 0.751. The molecule has 20 heavy (non-hydrogen) atoms. The third kappa shape index (κ3) is 5.14. The van der Waals surface area contributed by atoms with Crippen LogP contribution in [0.15, 0.2) is 48.5 Å². The normalized spacial score (nSPS) is 10.3. The number of unbranched alkanes of at least 4 members (excludes halogenated alkanes) is 1. The highest BCUT2D eigenvalue weighted by Crippen LogP contribution is 2.15. The fourth-order valence-corrected chi connectivity index (χ4v) is 2.14. The van der Waals surface area contributed by atoms with E-state index in [1.165, 1.54) is 5.56 Å². The van der Waals surface area contributed by atoms with E-state index in [1.807, 2.05) is 36.4 Å². The van der Waals surface area contributed by atoms with Gasteiger partial charge in [0.15, 0.2) is 0 Å². The number of nitrogens with one attached hydrogen (secondary N) is 1. The van der Waals surface area contributed by atoms with Crippen LogP contribution in [0.5, 0.6) is 5.75 Å². The van der Waals surface area contributed by atoms with Gasteiger partial charge in [-0.1, -0.05) is 29.8 Å². The Morgan fingerprint density at radius 1 is 1.05 bits per heavy atom. The number of benzene rings is 2. The molecule has 0 aliphatic heterocycles. The van der Waals surface area contributed by atoms with Gasteiger partial charge in [-0.25, -0.2) is 0 Å². The Labute approximate surface area is 125 Å². The van der Waals surface area contributed by atoms with E-state index in [4.69, 9.17) is 16.3 Å². The lowest BCUT2D eigenvalue weighted by molar-refractivity contribution is 0.308. The topological polar surface area (TPSA) is 21.3 Å². The predicted octanol–water partition coefficient (Wildman–Crippen LogP) is 4.92. The molecule has 0 heterocycles. The summed E-state index contributed by atoms with van der Waals surface area (Å²) in [4.78, 5) is 0. The highest BCUT2D eigenvalue weighted by Gasteiger charge is 1.95. The number of rotatable bonds is 7. The molecule has 106 valence electrons. The van der Waals surface area contributed by atoms with Crippen molar-refractivity contribution in [3.63, 3.8) is 0 Å². The molecule has 0 saturated heterocycles. The lowest BCUT2D eigenvalue weighted by Gasteiger charge is -2.08. The van der Waals surface area contributed by atoms with E-state index >= 15 is 0 Å². The standard InChI is InChI=1S/C17H20ClNO/c1-14-6-4-9-17(12-14)20-11-3-2-10-19-16-8-5-7-15(18)13-16/h4-9,12-13,19H,2-3,10-11H2,1H3. The Morgan fingerprint density at radius 3 is 2.70 bits per heavy atom. The Bertz CT molecular complexity index is 493. The van der Waals surface area contributed by atoms with Crippen molar-refractivity contribution in [2.75, 3.05) is 18.5 Å². The zero-order valence-electron chi connectivity index (χ0n) is 11.7. The van der Waals surface area contributed by atoms with Crippen LogP contribution in [0.3, 0.4) is 0 Å². The van der Waals surface area contributed by atoms with Crippen LogP contribution >= 0.6 is 11.6 Å². The van der Waals surface area contributed by atoms with Gasteiger partial charge in [-0.05, 0) is 55.7 Å². The van der Waals surface area contributed by atoms with Crippen LogP contribution in [-0.2, 0) is 0 Å². The average Bonchev–Trinajstić information content (AvgIpc) is 2.43. The molecular formula is C17H20ClNO. The van der Waals surface area contributed by atoms with Crippen LogP contribution < -0.4 is 10.1 Å². The van der Waals surface area contributed by atoms with E-state index < -0.39 is 0 Å². The maximum absolute atomic E-state index is 5.93. The zero-order chi connectivity index (χ0) is 14.2. The highest BCUT2D eigenvalue weighted by molar-refractivity contribution is 6.30. The maximum Gasteiger partial charge on any atom is 0.119 e. The van der Waals surface area contributed by atoms with Gasteiger partial charge in [0.05, 0.1) is 6.61 Å². The first kappa shape index (κ1) is 14.7. The van der Waals surface area contributed by atoms with Crippen molar-refractivity contribution >= 4 is 17.3 Å². The van der Waals surface area contributed by atoms with Gasteiger partial charge in [0.2, 0.25) is 0 Å². The smallest absolute Gasteiger partial charge is 0.119 e. The second-order valence-corrected chi connectivity index (χ2v) is 5.25. The molecule has 0 unspecified atom stereocenters. The molecule has 0 amide bonds. The summed E-state index contributed by atoms with van der Waals surface area (Å²) in [6.07, 6.45) is 2.10. The molecule has 0 aromatic heterocycles. The van der Waals surface area contributed by atoms with Gasteiger partial charge < -0.3 is 10.1 Å². The van der Waals surface area contributed by atoms with Crippen molar-refractivity contribution in [2.45, 2.75) is 19.8 Å². The molecule has 0 saturated carbocycles. The van der Waals surface area contributed by atoms with Gasteiger partial charge in [-0.2, -0.15) is 0 Å². The molecule has 0 fully saturated rings. The summed E-state index contributed by atoms with van der Waals surface area (Å²) >= 11 is 5.93. The van der Waals surface area contributed by atoms with Crippen molar-refractivity contribution in [3.8, 4) is 5.75 Å². The number of anilines is 1. The largest absolute Gasteiger partial charge is 0.494 e. The summed E-state index contributed by atoms with van der Waals surface area (Å²) in [5.41, 5.74) is 2.29. The predicted molar refractivity (Wildman–Crippen MR) is 85.8 cm³/mol. The van der Waals surface area contributed by atoms with E-state index in [2.05, 4.69) is 24.4 Å². The van der Waals surface area contributed by atoms with Crippen LogP contribution in [0, 0.1) is 6.92 Å². The Hall–Kier alpha value is -1.67. The fourth-order valence-electron chi connectivity index (χ4n) is 1.95. The molecule has 2 aromatic rings. The molecule has 0 spiro atoms. The highest BCUT2D eigenvalue weighted by atomic mass is 35.5. The molecule has 2 nitrogen and oxygen atoms in total. The van der Waals surface area contributed by atoms with Crippen molar-refractivity contribution in [3.05, 3.63) is 59.1 Å². The minimum Gasteiger partial charge on any atom is -0.494 e. The van der Waals surface area contributed by atoms with Gasteiger partial charge in [-0.15, -0.1) is 0 Å². The monoisotopic (exact) mass is 289 g/mol. The van der Waals surface area contributed by atoms with Crippen LogP contribution in [-0.4, -0.2) is 13.2 Å². The third-order valence-electron chi connectivity index (χ3n) is 2.98. The third-order valence-corrected chi connectivity index (χ3v) is 3.22. The van der Waals surface area contributed by atoms with E-state index in [1.54, 1.807) is 0 Å². The summed E-state index contributed by atoms with van der Waals surface area (Å²) in [6.45, 7) is 3.75. The van der Waals surface area contributed by atoms with Gasteiger partial charge in [0, 0.05) is 17.3 Å². The zero-order valence-corrected chi connectivity index (χ0v) is 12.5. The molecule has 2 rings (SSSR count). The molecule has 0 aliphatic carbocycles. The van der Waals surface area contributed by atoms with Gasteiger partial charge in [0.1, 0.15) is 5.75 Å². The number of ether oxygens (including phenoxy) is 1. The summed E-state index contributed by atoms with van der Waals surface area (Å²) in [5, 5.41) is 4.12. The SMILES string of the molecule is Cc1cccc(OCCCCNc2cccc(Cl)c2)c1. The minimum atomic E-state index is 0.751. The molecule has 0 aliphatic rings.